The van der Waals surface area contributed by atoms with Crippen molar-refractivity contribution in [3.63, 3.8) is 0 Å². The summed E-state index contributed by atoms with van der Waals surface area (Å²) in [4.78, 5) is 15.8. The third-order valence-corrected chi connectivity index (χ3v) is 4.26. The van der Waals surface area contributed by atoms with E-state index in [1.807, 2.05) is 6.20 Å². The molecule has 0 radical (unpaired) electrons. The van der Waals surface area contributed by atoms with Gasteiger partial charge in [-0.2, -0.15) is 4.98 Å². The molecule has 2 aliphatic rings. The highest BCUT2D eigenvalue weighted by Gasteiger charge is 2.21. The van der Waals surface area contributed by atoms with Gasteiger partial charge in [-0.25, -0.2) is 9.97 Å². The van der Waals surface area contributed by atoms with Crippen molar-refractivity contribution in [2.24, 2.45) is 0 Å². The van der Waals surface area contributed by atoms with E-state index in [-0.39, 0.29) is 6.04 Å². The molecule has 0 aromatic carbocycles. The monoisotopic (exact) mass is 339 g/mol. The summed E-state index contributed by atoms with van der Waals surface area (Å²) in [6.45, 7) is 5.04. The van der Waals surface area contributed by atoms with Gasteiger partial charge in [0.05, 0.1) is 13.2 Å². The van der Waals surface area contributed by atoms with Crippen LogP contribution in [0.2, 0.25) is 0 Å². The number of hydrogen-bond acceptors (Lipinski definition) is 7. The van der Waals surface area contributed by atoms with Crippen LogP contribution in [0.3, 0.4) is 0 Å². The minimum Gasteiger partial charge on any atom is -0.438 e. The van der Waals surface area contributed by atoms with E-state index in [4.69, 9.17) is 14.1 Å². The highest BCUT2D eigenvalue weighted by atomic mass is 16.5. The molecule has 1 N–H and O–H groups in total. The summed E-state index contributed by atoms with van der Waals surface area (Å²) in [5, 5.41) is 3.29. The highest BCUT2D eigenvalue weighted by Crippen LogP contribution is 2.27. The van der Waals surface area contributed by atoms with Crippen LogP contribution in [-0.4, -0.2) is 47.3 Å². The van der Waals surface area contributed by atoms with E-state index >= 15 is 0 Å². The molecule has 0 aliphatic carbocycles. The van der Waals surface area contributed by atoms with Gasteiger partial charge >= 0.3 is 0 Å². The fourth-order valence-corrected chi connectivity index (χ4v) is 2.89. The molecule has 1 saturated heterocycles. The summed E-state index contributed by atoms with van der Waals surface area (Å²) >= 11 is 0. The minimum absolute atomic E-state index is 0.243. The Morgan fingerprint density at radius 1 is 1.24 bits per heavy atom. The lowest BCUT2D eigenvalue weighted by molar-refractivity contribution is 0.122. The number of aromatic nitrogens is 3. The Bertz CT molecular complexity index is 833. The Balaban J connectivity index is 1.77. The Hall–Kier alpha value is -2.67. The van der Waals surface area contributed by atoms with Gasteiger partial charge in [0.15, 0.2) is 18.0 Å². The molecule has 0 bridgehead atoms. The summed E-state index contributed by atoms with van der Waals surface area (Å²) in [5.41, 5.74) is 2.20. The van der Waals surface area contributed by atoms with Crippen molar-refractivity contribution < 1.29 is 9.15 Å². The third-order valence-electron chi connectivity index (χ3n) is 4.26. The summed E-state index contributed by atoms with van der Waals surface area (Å²) in [7, 11) is 0. The zero-order chi connectivity index (χ0) is 17.1. The predicted molar refractivity (Wildman–Crippen MR) is 96.1 cm³/mol. The molecule has 1 atom stereocenters. The van der Waals surface area contributed by atoms with E-state index in [9.17, 15) is 0 Å². The van der Waals surface area contributed by atoms with Crippen molar-refractivity contribution in [3.8, 4) is 0 Å². The van der Waals surface area contributed by atoms with Crippen LogP contribution in [0, 0.1) is 0 Å². The molecule has 0 spiro atoms. The lowest BCUT2D eigenvalue weighted by Crippen LogP contribution is -2.37. The molecule has 25 heavy (non-hydrogen) atoms. The zero-order valence-corrected chi connectivity index (χ0v) is 14.2. The van der Waals surface area contributed by atoms with Gasteiger partial charge in [-0.05, 0) is 19.5 Å². The molecule has 7 heteroatoms. The lowest BCUT2D eigenvalue weighted by Gasteiger charge is -2.27. The number of ether oxygens (including phenoxy) is 1. The molecule has 130 valence electrons. The SMILES string of the molecule is CC1/C=C\C(c2nc(N3CCOCC3)c3ocnc3n2)=C/C/C=C\N1. The summed E-state index contributed by atoms with van der Waals surface area (Å²) in [6, 6.07) is 0.243. The Kier molecular flexibility index (Phi) is 4.47. The van der Waals surface area contributed by atoms with Crippen molar-refractivity contribution in [2.45, 2.75) is 19.4 Å². The predicted octanol–water partition coefficient (Wildman–Crippen LogP) is 2.29. The first-order chi connectivity index (χ1) is 12.3. The fourth-order valence-electron chi connectivity index (χ4n) is 2.89. The molecular formula is C18H21N5O2. The van der Waals surface area contributed by atoms with Gasteiger partial charge in [-0.1, -0.05) is 24.3 Å². The molecule has 1 unspecified atom stereocenters. The van der Waals surface area contributed by atoms with Crippen LogP contribution in [0.4, 0.5) is 5.82 Å². The number of allylic oxidation sites excluding steroid dienone is 4. The van der Waals surface area contributed by atoms with Gasteiger partial charge in [0.25, 0.3) is 0 Å². The van der Waals surface area contributed by atoms with Crippen molar-refractivity contribution in [1.29, 1.82) is 0 Å². The van der Waals surface area contributed by atoms with E-state index in [0.29, 0.717) is 30.3 Å². The van der Waals surface area contributed by atoms with Crippen LogP contribution in [-0.2, 0) is 4.74 Å². The first kappa shape index (κ1) is 15.8. The maximum Gasteiger partial charge on any atom is 0.215 e. The standard InChI is InChI=1S/C18H21N5O2/c1-13-5-6-14(4-2-3-7-19-13)16-21-17-15(25-12-20-17)18(22-16)23-8-10-24-11-9-23/h3-7,12-13,19H,2,8-11H2,1H3/b6-5-,7-3-,14-4+. The summed E-state index contributed by atoms with van der Waals surface area (Å²) in [6.07, 6.45) is 12.6. The second-order valence-corrected chi connectivity index (χ2v) is 6.09. The average Bonchev–Trinajstić information content (AvgIpc) is 3.14. The molecule has 2 aromatic heterocycles. The molecule has 4 rings (SSSR count). The van der Waals surface area contributed by atoms with E-state index in [1.54, 1.807) is 0 Å². The van der Waals surface area contributed by atoms with Crippen LogP contribution in [0.1, 0.15) is 19.2 Å². The van der Waals surface area contributed by atoms with Crippen LogP contribution < -0.4 is 10.2 Å². The van der Waals surface area contributed by atoms with Crippen molar-refractivity contribution >= 4 is 22.6 Å². The Morgan fingerprint density at radius 2 is 2.12 bits per heavy atom. The molecule has 2 aliphatic heterocycles. The first-order valence-corrected chi connectivity index (χ1v) is 8.55. The first-order valence-electron chi connectivity index (χ1n) is 8.55. The number of rotatable bonds is 2. The Morgan fingerprint density at radius 3 is 3.00 bits per heavy atom. The number of hydrogen-bond donors (Lipinski definition) is 1. The second kappa shape index (κ2) is 7.06. The third kappa shape index (κ3) is 3.41. The molecule has 2 aromatic rings. The Labute approximate surface area is 146 Å². The molecule has 7 nitrogen and oxygen atoms in total. The van der Waals surface area contributed by atoms with E-state index in [1.165, 1.54) is 6.39 Å². The zero-order valence-electron chi connectivity index (χ0n) is 14.2. The van der Waals surface area contributed by atoms with Gasteiger partial charge in [-0.3, -0.25) is 0 Å². The van der Waals surface area contributed by atoms with Crippen LogP contribution in [0.5, 0.6) is 0 Å². The molecule has 4 heterocycles. The van der Waals surface area contributed by atoms with E-state index in [0.717, 1.165) is 30.9 Å². The maximum absolute atomic E-state index is 5.55. The molecule has 0 saturated carbocycles. The van der Waals surface area contributed by atoms with Crippen LogP contribution in [0.15, 0.2) is 41.3 Å². The summed E-state index contributed by atoms with van der Waals surface area (Å²) in [5.74, 6) is 1.46. The van der Waals surface area contributed by atoms with Gasteiger partial charge in [0.2, 0.25) is 11.2 Å². The highest BCUT2D eigenvalue weighted by molar-refractivity contribution is 5.84. The normalized spacial score (nSPS) is 26.0. The molecular weight excluding hydrogens is 318 g/mol. The number of nitrogens with zero attached hydrogens (tertiary/aromatic N) is 4. The number of anilines is 1. The topological polar surface area (TPSA) is 76.3 Å². The largest absolute Gasteiger partial charge is 0.438 e. The smallest absolute Gasteiger partial charge is 0.215 e. The minimum atomic E-state index is 0.243. The van der Waals surface area contributed by atoms with Gasteiger partial charge in [-0.15, -0.1) is 0 Å². The summed E-state index contributed by atoms with van der Waals surface area (Å²) < 4.78 is 11.0. The van der Waals surface area contributed by atoms with Gasteiger partial charge < -0.3 is 19.4 Å². The quantitative estimate of drug-likeness (QED) is 0.899. The second-order valence-electron chi connectivity index (χ2n) is 6.09. The maximum atomic E-state index is 5.55. The molecule has 1 fully saturated rings. The van der Waals surface area contributed by atoms with Gasteiger partial charge in [0, 0.05) is 24.7 Å². The van der Waals surface area contributed by atoms with E-state index < -0.39 is 0 Å². The molecule has 0 amide bonds. The number of nitrogens with one attached hydrogen (secondary N) is 1. The van der Waals surface area contributed by atoms with Gasteiger partial charge in [0.1, 0.15) is 0 Å². The number of morpholine rings is 1. The van der Waals surface area contributed by atoms with Crippen LogP contribution in [0.25, 0.3) is 16.8 Å². The van der Waals surface area contributed by atoms with Crippen molar-refractivity contribution in [3.05, 3.63) is 42.7 Å². The van der Waals surface area contributed by atoms with Crippen molar-refractivity contribution in [2.75, 3.05) is 31.2 Å². The van der Waals surface area contributed by atoms with Crippen LogP contribution >= 0.6 is 0 Å². The van der Waals surface area contributed by atoms with Crippen molar-refractivity contribution in [1.82, 2.24) is 20.3 Å². The van der Waals surface area contributed by atoms with E-state index in [2.05, 4.69) is 51.4 Å². The average molecular weight is 339 g/mol. The fraction of sp³-hybridized carbons (Fsp3) is 0.389. The number of oxazole rings is 1. The lowest BCUT2D eigenvalue weighted by atomic mass is 10.1. The number of fused-ring (bicyclic) bond motifs is 1.